The lowest BCUT2D eigenvalue weighted by molar-refractivity contribution is -0.387. The van der Waals surface area contributed by atoms with E-state index < -0.39 is 35.3 Å². The van der Waals surface area contributed by atoms with E-state index in [-0.39, 0.29) is 5.56 Å². The van der Waals surface area contributed by atoms with Gasteiger partial charge in [0.2, 0.25) is 5.82 Å². The van der Waals surface area contributed by atoms with Crippen LogP contribution in [0.2, 0.25) is 0 Å². The van der Waals surface area contributed by atoms with Gasteiger partial charge in [0, 0.05) is 6.07 Å². The summed E-state index contributed by atoms with van der Waals surface area (Å²) in [5, 5.41) is 10.4. The summed E-state index contributed by atoms with van der Waals surface area (Å²) in [5.74, 6) is -1.11. The molecule has 0 fully saturated rings. The van der Waals surface area contributed by atoms with Gasteiger partial charge in [-0.1, -0.05) is 12.1 Å². The van der Waals surface area contributed by atoms with Crippen molar-refractivity contribution >= 4 is 5.69 Å². The standard InChI is InChI=1S/C9H9F3N2O2/c10-8-5(4-6(13)9(11)12)2-1-3-7(8)14(15)16/h1-3,6,9H,4,13H2. The SMILES string of the molecule is NC(Cc1cccc([N+](=O)[O-])c1F)C(F)F. The Morgan fingerprint density at radius 1 is 1.44 bits per heavy atom. The van der Waals surface area contributed by atoms with Gasteiger partial charge < -0.3 is 5.73 Å². The largest absolute Gasteiger partial charge is 0.323 e. The summed E-state index contributed by atoms with van der Waals surface area (Å²) in [4.78, 5) is 9.47. The third kappa shape index (κ3) is 2.69. The molecule has 0 spiro atoms. The first-order chi connectivity index (χ1) is 7.43. The number of rotatable bonds is 4. The molecule has 7 heteroatoms. The number of benzene rings is 1. The summed E-state index contributed by atoms with van der Waals surface area (Å²) in [6.07, 6.45) is -3.23. The summed E-state index contributed by atoms with van der Waals surface area (Å²) < 4.78 is 37.7. The number of nitro groups is 1. The van der Waals surface area contributed by atoms with Crippen LogP contribution in [0.4, 0.5) is 18.9 Å². The normalized spacial score (nSPS) is 12.8. The lowest BCUT2D eigenvalue weighted by atomic mass is 10.1. The number of nitrogens with two attached hydrogens (primary N) is 1. The molecule has 2 N–H and O–H groups in total. The first-order valence-corrected chi connectivity index (χ1v) is 4.39. The second kappa shape index (κ2) is 4.93. The average molecular weight is 234 g/mol. The van der Waals surface area contributed by atoms with Gasteiger partial charge in [-0.15, -0.1) is 0 Å². The molecule has 0 bridgehead atoms. The van der Waals surface area contributed by atoms with Crippen molar-refractivity contribution in [2.45, 2.75) is 18.9 Å². The van der Waals surface area contributed by atoms with Crippen molar-refractivity contribution in [1.29, 1.82) is 0 Å². The van der Waals surface area contributed by atoms with Crippen LogP contribution in [0.25, 0.3) is 0 Å². The lowest BCUT2D eigenvalue weighted by Gasteiger charge is -2.10. The van der Waals surface area contributed by atoms with Gasteiger partial charge in [0.05, 0.1) is 11.0 Å². The van der Waals surface area contributed by atoms with Crippen molar-refractivity contribution in [3.63, 3.8) is 0 Å². The van der Waals surface area contributed by atoms with E-state index >= 15 is 0 Å². The van der Waals surface area contributed by atoms with Crippen LogP contribution in [0.1, 0.15) is 5.56 Å². The fraction of sp³-hybridized carbons (Fsp3) is 0.333. The number of halogens is 3. The third-order valence-corrected chi connectivity index (χ3v) is 2.03. The van der Waals surface area contributed by atoms with Gasteiger partial charge in [-0.2, -0.15) is 4.39 Å². The smallest absolute Gasteiger partial charge is 0.305 e. The topological polar surface area (TPSA) is 69.2 Å². The molecule has 1 atom stereocenters. The molecule has 0 saturated heterocycles. The highest BCUT2D eigenvalue weighted by Gasteiger charge is 2.22. The molecule has 0 saturated carbocycles. The molecule has 0 aliphatic heterocycles. The van der Waals surface area contributed by atoms with Crippen molar-refractivity contribution < 1.29 is 18.1 Å². The van der Waals surface area contributed by atoms with Crippen LogP contribution >= 0.6 is 0 Å². The molecule has 4 nitrogen and oxygen atoms in total. The summed E-state index contributed by atoms with van der Waals surface area (Å²) in [5.41, 5.74) is 4.14. The minimum absolute atomic E-state index is 0.179. The molecule has 1 rings (SSSR count). The van der Waals surface area contributed by atoms with Crippen LogP contribution in [0.15, 0.2) is 18.2 Å². The summed E-state index contributed by atoms with van der Waals surface area (Å²) in [6, 6.07) is 1.86. The zero-order valence-corrected chi connectivity index (χ0v) is 8.07. The minimum Gasteiger partial charge on any atom is -0.323 e. The zero-order valence-electron chi connectivity index (χ0n) is 8.07. The van der Waals surface area contributed by atoms with Gasteiger partial charge in [0.25, 0.3) is 6.43 Å². The molecule has 1 aromatic carbocycles. The van der Waals surface area contributed by atoms with E-state index in [1.54, 1.807) is 0 Å². The van der Waals surface area contributed by atoms with Crippen molar-refractivity contribution in [2.24, 2.45) is 5.73 Å². The Balaban J connectivity index is 2.98. The Labute approximate surface area is 89.0 Å². The van der Waals surface area contributed by atoms with Gasteiger partial charge in [-0.25, -0.2) is 8.78 Å². The molecule has 88 valence electrons. The fourth-order valence-electron chi connectivity index (χ4n) is 1.21. The van der Waals surface area contributed by atoms with Crippen LogP contribution in [0, 0.1) is 15.9 Å². The molecule has 16 heavy (non-hydrogen) atoms. The number of nitrogens with zero attached hydrogens (tertiary/aromatic N) is 1. The fourth-order valence-corrected chi connectivity index (χ4v) is 1.21. The monoisotopic (exact) mass is 234 g/mol. The van der Waals surface area contributed by atoms with E-state index in [2.05, 4.69) is 0 Å². The van der Waals surface area contributed by atoms with E-state index in [1.165, 1.54) is 12.1 Å². The Morgan fingerprint density at radius 3 is 2.56 bits per heavy atom. The molecule has 0 heterocycles. The quantitative estimate of drug-likeness (QED) is 0.638. The Hall–Kier alpha value is -1.63. The lowest BCUT2D eigenvalue weighted by Crippen LogP contribution is -2.31. The second-order valence-corrected chi connectivity index (χ2v) is 3.21. The number of hydrogen-bond acceptors (Lipinski definition) is 3. The van der Waals surface area contributed by atoms with Crippen LogP contribution in [-0.4, -0.2) is 17.4 Å². The van der Waals surface area contributed by atoms with Gasteiger partial charge in [-0.05, 0) is 12.0 Å². The van der Waals surface area contributed by atoms with E-state index in [1.807, 2.05) is 0 Å². The predicted molar refractivity (Wildman–Crippen MR) is 50.7 cm³/mol. The minimum atomic E-state index is -2.79. The zero-order chi connectivity index (χ0) is 12.3. The number of alkyl halides is 2. The molecule has 0 aromatic heterocycles. The first kappa shape index (κ1) is 12.4. The Bertz CT molecular complexity index is 398. The third-order valence-electron chi connectivity index (χ3n) is 2.03. The van der Waals surface area contributed by atoms with E-state index in [4.69, 9.17) is 5.73 Å². The summed E-state index contributed by atoms with van der Waals surface area (Å²) in [7, 11) is 0. The van der Waals surface area contributed by atoms with Gasteiger partial charge in [0.15, 0.2) is 0 Å². The van der Waals surface area contributed by atoms with Crippen LogP contribution < -0.4 is 5.73 Å². The number of hydrogen-bond donors (Lipinski definition) is 1. The van der Waals surface area contributed by atoms with Crippen LogP contribution in [0.5, 0.6) is 0 Å². The maximum absolute atomic E-state index is 13.4. The second-order valence-electron chi connectivity index (χ2n) is 3.21. The van der Waals surface area contributed by atoms with E-state index in [0.29, 0.717) is 0 Å². The first-order valence-electron chi connectivity index (χ1n) is 4.39. The van der Waals surface area contributed by atoms with Gasteiger partial charge in [-0.3, -0.25) is 10.1 Å². The summed E-state index contributed by atoms with van der Waals surface area (Å²) in [6.45, 7) is 0. The number of nitro benzene ring substituents is 1. The van der Waals surface area contributed by atoms with Crippen molar-refractivity contribution in [3.8, 4) is 0 Å². The highest BCUT2D eigenvalue weighted by Crippen LogP contribution is 2.21. The molecular weight excluding hydrogens is 225 g/mol. The van der Waals surface area contributed by atoms with Crippen LogP contribution in [-0.2, 0) is 6.42 Å². The van der Waals surface area contributed by atoms with Gasteiger partial charge >= 0.3 is 5.69 Å². The predicted octanol–water partition coefficient (Wildman–Crippen LogP) is 1.87. The highest BCUT2D eigenvalue weighted by atomic mass is 19.3. The van der Waals surface area contributed by atoms with Crippen molar-refractivity contribution in [3.05, 3.63) is 39.7 Å². The van der Waals surface area contributed by atoms with E-state index in [9.17, 15) is 23.3 Å². The summed E-state index contributed by atoms with van der Waals surface area (Å²) >= 11 is 0. The van der Waals surface area contributed by atoms with Gasteiger partial charge in [0.1, 0.15) is 0 Å². The molecule has 1 unspecified atom stereocenters. The van der Waals surface area contributed by atoms with Crippen molar-refractivity contribution in [2.75, 3.05) is 0 Å². The Kier molecular flexibility index (Phi) is 3.83. The molecule has 0 aliphatic carbocycles. The van der Waals surface area contributed by atoms with Crippen molar-refractivity contribution in [1.82, 2.24) is 0 Å². The van der Waals surface area contributed by atoms with E-state index in [0.717, 1.165) is 6.07 Å². The Morgan fingerprint density at radius 2 is 2.06 bits per heavy atom. The molecular formula is C9H9F3N2O2. The molecule has 1 aromatic rings. The van der Waals surface area contributed by atoms with Crippen LogP contribution in [0.3, 0.4) is 0 Å². The molecule has 0 amide bonds. The molecule has 0 aliphatic rings. The molecule has 0 radical (unpaired) electrons. The average Bonchev–Trinajstić information content (AvgIpc) is 2.20. The maximum atomic E-state index is 13.4. The highest BCUT2D eigenvalue weighted by molar-refractivity contribution is 5.37. The maximum Gasteiger partial charge on any atom is 0.305 e.